The number of allylic oxidation sites excluding steroid dienone is 2. The Morgan fingerprint density at radius 2 is 1.16 bits per heavy atom. The minimum Gasteiger partial charge on any atom is -0.309 e. The van der Waals surface area contributed by atoms with Gasteiger partial charge in [-0.3, -0.25) is 0 Å². The molecule has 2 atom stereocenters. The maximum atomic E-state index is 5.29. The summed E-state index contributed by atoms with van der Waals surface area (Å²) >= 11 is 0. The van der Waals surface area contributed by atoms with Gasteiger partial charge in [0.1, 0.15) is 0 Å². The maximum Gasteiger partial charge on any atom is 0.164 e. The summed E-state index contributed by atoms with van der Waals surface area (Å²) in [5.74, 6) is 2.49. The minimum atomic E-state index is 0.0212. The smallest absolute Gasteiger partial charge is 0.164 e. The lowest BCUT2D eigenvalue weighted by atomic mass is 9.65. The largest absolute Gasteiger partial charge is 0.309 e. The van der Waals surface area contributed by atoms with Crippen molar-refractivity contribution in [3.8, 4) is 51.0 Å². The summed E-state index contributed by atoms with van der Waals surface area (Å²) in [5.41, 5.74) is 11.6. The van der Waals surface area contributed by atoms with Crippen molar-refractivity contribution in [2.24, 2.45) is 5.92 Å². The highest BCUT2D eigenvalue weighted by Crippen LogP contribution is 2.59. The van der Waals surface area contributed by atoms with E-state index in [0.29, 0.717) is 23.4 Å². The molecule has 2 aliphatic carbocycles. The molecule has 9 aromatic rings. The van der Waals surface area contributed by atoms with Crippen molar-refractivity contribution in [1.29, 1.82) is 0 Å². The van der Waals surface area contributed by atoms with E-state index in [0.717, 1.165) is 39.9 Å². The fourth-order valence-corrected chi connectivity index (χ4v) is 10.3. The second-order valence-corrected chi connectivity index (χ2v) is 16.6. The third-order valence-electron chi connectivity index (χ3n) is 13.0. The lowest BCUT2D eigenvalue weighted by Crippen LogP contribution is -2.36. The Morgan fingerprint density at radius 1 is 0.509 bits per heavy atom. The van der Waals surface area contributed by atoms with E-state index in [1.807, 2.05) is 36.4 Å². The number of nitrogens with zero attached hydrogens (tertiary/aromatic N) is 4. The Kier molecular flexibility index (Phi) is 7.50. The van der Waals surface area contributed by atoms with E-state index in [4.69, 9.17) is 15.0 Å². The standard InChI is InChI=1S/C53H42N4/c1-52(2)44-33-47-42(32-45(44)53(3)30-15-14-27-48(52)53)41-24-12-13-26-46(41)57(47)37-28-29-40(39-25-16-22-34-17-10-11-23-38(34)39)43(31-37)51-55-49(35-18-6-4-7-19-35)54-50(56-51)36-20-8-5-9-21-36/h4-13,15-26,28-33,48H,14,27H2,1-3H3. The lowest BCUT2D eigenvalue weighted by molar-refractivity contribution is 0.238. The van der Waals surface area contributed by atoms with Crippen LogP contribution in [0.1, 0.15) is 44.7 Å². The van der Waals surface area contributed by atoms with Gasteiger partial charge in [0, 0.05) is 38.6 Å². The highest BCUT2D eigenvalue weighted by Gasteiger charge is 2.52. The van der Waals surface area contributed by atoms with Crippen molar-refractivity contribution < 1.29 is 0 Å². The zero-order chi connectivity index (χ0) is 38.3. The van der Waals surface area contributed by atoms with Crippen molar-refractivity contribution in [2.75, 3.05) is 0 Å². The van der Waals surface area contributed by atoms with Gasteiger partial charge in [-0.2, -0.15) is 0 Å². The van der Waals surface area contributed by atoms with Crippen LogP contribution in [0.5, 0.6) is 0 Å². The summed E-state index contributed by atoms with van der Waals surface area (Å²) in [4.78, 5) is 15.6. The van der Waals surface area contributed by atoms with E-state index < -0.39 is 0 Å². The van der Waals surface area contributed by atoms with Gasteiger partial charge in [0.2, 0.25) is 0 Å². The molecule has 4 nitrogen and oxygen atoms in total. The van der Waals surface area contributed by atoms with Crippen LogP contribution in [0.2, 0.25) is 0 Å². The SMILES string of the molecule is CC1(C)c2cc3c(cc2C2(C)C=CCCC12)c1ccccc1n3-c1ccc(-c2cccc3ccccc23)c(-c2nc(-c3ccccc3)nc(-c3ccccc3)n2)c1. The van der Waals surface area contributed by atoms with Gasteiger partial charge < -0.3 is 4.57 Å². The first-order valence-corrected chi connectivity index (χ1v) is 20.1. The molecule has 0 fully saturated rings. The van der Waals surface area contributed by atoms with Gasteiger partial charge in [-0.25, -0.2) is 15.0 Å². The average Bonchev–Trinajstić information content (AvgIpc) is 3.68. The second kappa shape index (κ2) is 12.7. The summed E-state index contributed by atoms with van der Waals surface area (Å²) in [7, 11) is 0. The second-order valence-electron chi connectivity index (χ2n) is 16.6. The third kappa shape index (κ3) is 5.17. The zero-order valence-corrected chi connectivity index (χ0v) is 32.4. The summed E-state index contributed by atoms with van der Waals surface area (Å²) in [5, 5.41) is 4.93. The summed E-state index contributed by atoms with van der Waals surface area (Å²) in [6.45, 7) is 7.39. The van der Waals surface area contributed by atoms with Crippen LogP contribution in [0.25, 0.3) is 83.6 Å². The molecule has 2 heterocycles. The molecule has 11 rings (SSSR count). The molecule has 274 valence electrons. The molecule has 2 unspecified atom stereocenters. The molecule has 0 amide bonds. The Morgan fingerprint density at radius 3 is 1.91 bits per heavy atom. The number of hydrogen-bond donors (Lipinski definition) is 0. The van der Waals surface area contributed by atoms with Gasteiger partial charge in [0.25, 0.3) is 0 Å². The molecule has 0 aliphatic heterocycles. The van der Waals surface area contributed by atoms with Crippen molar-refractivity contribution >= 4 is 32.6 Å². The van der Waals surface area contributed by atoms with E-state index in [1.54, 1.807) is 0 Å². The van der Waals surface area contributed by atoms with E-state index in [9.17, 15) is 0 Å². The predicted octanol–water partition coefficient (Wildman–Crippen LogP) is 13.3. The van der Waals surface area contributed by atoms with Crippen LogP contribution in [0.4, 0.5) is 0 Å². The molecule has 0 N–H and O–H groups in total. The number of rotatable bonds is 5. The summed E-state index contributed by atoms with van der Waals surface area (Å²) < 4.78 is 2.47. The predicted molar refractivity (Wildman–Crippen MR) is 236 cm³/mol. The Hall–Kier alpha value is -6.65. The first-order valence-electron chi connectivity index (χ1n) is 20.1. The number of aromatic nitrogens is 4. The van der Waals surface area contributed by atoms with E-state index in [1.165, 1.54) is 50.1 Å². The van der Waals surface area contributed by atoms with Crippen molar-refractivity contribution in [2.45, 2.75) is 44.4 Å². The third-order valence-corrected chi connectivity index (χ3v) is 13.0. The molecule has 57 heavy (non-hydrogen) atoms. The quantitative estimate of drug-likeness (QED) is 0.165. The van der Waals surface area contributed by atoms with Crippen LogP contribution >= 0.6 is 0 Å². The van der Waals surface area contributed by atoms with Gasteiger partial charge in [0.05, 0.1) is 11.0 Å². The fourth-order valence-electron chi connectivity index (χ4n) is 10.3. The normalized spacial score (nSPS) is 18.3. The number of hydrogen-bond acceptors (Lipinski definition) is 3. The van der Waals surface area contributed by atoms with Crippen LogP contribution in [0.15, 0.2) is 170 Å². The van der Waals surface area contributed by atoms with Gasteiger partial charge >= 0.3 is 0 Å². The van der Waals surface area contributed by atoms with Crippen LogP contribution in [-0.2, 0) is 10.8 Å². The monoisotopic (exact) mass is 734 g/mol. The highest BCUT2D eigenvalue weighted by molar-refractivity contribution is 6.10. The van der Waals surface area contributed by atoms with Crippen LogP contribution < -0.4 is 0 Å². The van der Waals surface area contributed by atoms with Gasteiger partial charge in [0.15, 0.2) is 17.5 Å². The fraction of sp³-hybridized carbons (Fsp3) is 0.151. The lowest BCUT2D eigenvalue weighted by Gasteiger charge is -2.39. The Labute approximate surface area is 333 Å². The maximum absolute atomic E-state index is 5.29. The summed E-state index contributed by atoms with van der Waals surface area (Å²) in [6, 6.07) is 56.4. The van der Waals surface area contributed by atoms with E-state index >= 15 is 0 Å². The molecule has 0 saturated heterocycles. The summed E-state index contributed by atoms with van der Waals surface area (Å²) in [6.07, 6.45) is 7.26. The number of fused-ring (bicyclic) bond motifs is 7. The molecule has 2 aromatic heterocycles. The Balaban J connectivity index is 1.21. The average molecular weight is 735 g/mol. The van der Waals surface area contributed by atoms with Crippen molar-refractivity contribution in [1.82, 2.24) is 19.5 Å². The van der Waals surface area contributed by atoms with Crippen LogP contribution in [-0.4, -0.2) is 19.5 Å². The molecule has 0 saturated carbocycles. The molecule has 0 spiro atoms. The van der Waals surface area contributed by atoms with Crippen LogP contribution in [0, 0.1) is 5.92 Å². The zero-order valence-electron chi connectivity index (χ0n) is 32.4. The van der Waals surface area contributed by atoms with Crippen molar-refractivity contribution in [3.05, 3.63) is 181 Å². The first-order chi connectivity index (χ1) is 27.9. The highest BCUT2D eigenvalue weighted by atomic mass is 15.0. The first kappa shape index (κ1) is 33.7. The molecule has 7 aromatic carbocycles. The minimum absolute atomic E-state index is 0.0212. The van der Waals surface area contributed by atoms with Crippen molar-refractivity contribution in [3.63, 3.8) is 0 Å². The van der Waals surface area contributed by atoms with Crippen LogP contribution in [0.3, 0.4) is 0 Å². The molecule has 2 aliphatic rings. The molecule has 4 heteroatoms. The van der Waals surface area contributed by atoms with Gasteiger partial charge in [-0.15, -0.1) is 0 Å². The van der Waals surface area contributed by atoms with Gasteiger partial charge in [-0.1, -0.05) is 160 Å². The van der Waals surface area contributed by atoms with Gasteiger partial charge in [-0.05, 0) is 87.5 Å². The topological polar surface area (TPSA) is 43.6 Å². The molecule has 0 radical (unpaired) electrons. The van der Waals surface area contributed by atoms with E-state index in [2.05, 4.69) is 159 Å². The van der Waals surface area contributed by atoms with E-state index in [-0.39, 0.29) is 10.8 Å². The molecular weight excluding hydrogens is 693 g/mol. The number of para-hydroxylation sites is 1. The number of benzene rings is 7. The molecule has 0 bridgehead atoms. The Bertz CT molecular complexity index is 3000. The molecular formula is C53H42N4.